The lowest BCUT2D eigenvalue weighted by molar-refractivity contribution is 0.0950. The standard InChI is InChI=1S/C17H17NO2S/c1-12-5-3-7-15(13(12)2)17(20)18-11-16-14(6-4-9-19)8-10-21-16/h3,5,7-8,10,19H,9,11H2,1-2H3,(H,18,20). The van der Waals surface area contributed by atoms with Crippen molar-refractivity contribution < 1.29 is 9.90 Å². The Morgan fingerprint density at radius 1 is 1.33 bits per heavy atom. The van der Waals surface area contributed by atoms with Crippen LogP contribution in [-0.4, -0.2) is 17.6 Å². The third-order valence-electron chi connectivity index (χ3n) is 3.31. The van der Waals surface area contributed by atoms with Crippen molar-refractivity contribution in [3.8, 4) is 11.8 Å². The van der Waals surface area contributed by atoms with Crippen molar-refractivity contribution in [1.82, 2.24) is 5.32 Å². The van der Waals surface area contributed by atoms with Crippen LogP contribution in [0.15, 0.2) is 29.6 Å². The molecule has 0 aliphatic heterocycles. The molecule has 0 bridgehead atoms. The molecule has 1 aromatic carbocycles. The minimum absolute atomic E-state index is 0.0781. The molecule has 0 saturated heterocycles. The number of amides is 1. The van der Waals surface area contributed by atoms with Crippen LogP contribution < -0.4 is 5.32 Å². The molecule has 0 aliphatic rings. The molecule has 3 nitrogen and oxygen atoms in total. The Morgan fingerprint density at radius 3 is 2.90 bits per heavy atom. The zero-order chi connectivity index (χ0) is 15.2. The SMILES string of the molecule is Cc1cccc(C(=O)NCc2sccc2C#CCO)c1C. The first-order valence-corrected chi connectivity index (χ1v) is 7.52. The monoisotopic (exact) mass is 299 g/mol. The van der Waals surface area contributed by atoms with Gasteiger partial charge >= 0.3 is 0 Å². The Bertz CT molecular complexity index is 707. The van der Waals surface area contributed by atoms with Gasteiger partial charge in [-0.2, -0.15) is 0 Å². The van der Waals surface area contributed by atoms with E-state index in [-0.39, 0.29) is 12.5 Å². The van der Waals surface area contributed by atoms with E-state index < -0.39 is 0 Å². The number of carbonyl (C=O) groups excluding carboxylic acids is 1. The van der Waals surface area contributed by atoms with Crippen molar-refractivity contribution in [2.24, 2.45) is 0 Å². The van der Waals surface area contributed by atoms with Crippen molar-refractivity contribution in [2.45, 2.75) is 20.4 Å². The summed E-state index contributed by atoms with van der Waals surface area (Å²) in [6, 6.07) is 7.61. The first kappa shape index (κ1) is 15.3. The molecular formula is C17H17NO2S. The van der Waals surface area contributed by atoms with E-state index in [2.05, 4.69) is 17.2 Å². The van der Waals surface area contributed by atoms with E-state index in [1.165, 1.54) is 0 Å². The fourth-order valence-corrected chi connectivity index (χ4v) is 2.75. The molecule has 1 heterocycles. The van der Waals surface area contributed by atoms with Gasteiger partial charge in [-0.3, -0.25) is 4.79 Å². The molecule has 0 atom stereocenters. The zero-order valence-corrected chi connectivity index (χ0v) is 12.9. The number of aliphatic hydroxyl groups is 1. The molecule has 21 heavy (non-hydrogen) atoms. The van der Waals surface area contributed by atoms with Crippen LogP contribution in [-0.2, 0) is 6.54 Å². The van der Waals surface area contributed by atoms with Crippen LogP contribution in [0, 0.1) is 25.7 Å². The van der Waals surface area contributed by atoms with Crippen molar-refractivity contribution in [1.29, 1.82) is 0 Å². The summed E-state index contributed by atoms with van der Waals surface area (Å²) in [5.74, 6) is 5.43. The number of aliphatic hydroxyl groups excluding tert-OH is 1. The van der Waals surface area contributed by atoms with Crippen LogP contribution in [0.3, 0.4) is 0 Å². The maximum absolute atomic E-state index is 12.3. The van der Waals surface area contributed by atoms with Gasteiger partial charge in [0.2, 0.25) is 0 Å². The Kier molecular flexibility index (Phi) is 5.15. The minimum Gasteiger partial charge on any atom is -0.384 e. The van der Waals surface area contributed by atoms with Crippen molar-refractivity contribution in [3.63, 3.8) is 0 Å². The first-order valence-electron chi connectivity index (χ1n) is 6.64. The number of hydrogen-bond donors (Lipinski definition) is 2. The number of aryl methyl sites for hydroxylation is 1. The molecule has 108 valence electrons. The van der Waals surface area contributed by atoms with Crippen LogP contribution in [0.2, 0.25) is 0 Å². The summed E-state index contributed by atoms with van der Waals surface area (Å²) >= 11 is 1.55. The molecule has 1 amide bonds. The summed E-state index contributed by atoms with van der Waals surface area (Å²) < 4.78 is 0. The maximum Gasteiger partial charge on any atom is 0.251 e. The summed E-state index contributed by atoms with van der Waals surface area (Å²) in [5.41, 5.74) is 3.67. The largest absolute Gasteiger partial charge is 0.384 e. The number of hydrogen-bond acceptors (Lipinski definition) is 3. The summed E-state index contributed by atoms with van der Waals surface area (Å²) in [4.78, 5) is 13.3. The van der Waals surface area contributed by atoms with Gasteiger partial charge in [0.15, 0.2) is 0 Å². The van der Waals surface area contributed by atoms with Gasteiger partial charge in [-0.1, -0.05) is 24.0 Å². The highest BCUT2D eigenvalue weighted by Gasteiger charge is 2.11. The van der Waals surface area contributed by atoms with Crippen LogP contribution in [0.25, 0.3) is 0 Å². The van der Waals surface area contributed by atoms with Gasteiger partial charge in [-0.05, 0) is 42.5 Å². The molecule has 0 radical (unpaired) electrons. The van der Waals surface area contributed by atoms with E-state index in [1.807, 2.05) is 43.5 Å². The second-order valence-corrected chi connectivity index (χ2v) is 5.65. The molecule has 2 N–H and O–H groups in total. The highest BCUT2D eigenvalue weighted by atomic mass is 32.1. The topological polar surface area (TPSA) is 49.3 Å². The lowest BCUT2D eigenvalue weighted by atomic mass is 10.0. The molecule has 0 saturated carbocycles. The smallest absolute Gasteiger partial charge is 0.251 e. The minimum atomic E-state index is -0.163. The maximum atomic E-state index is 12.3. The molecular weight excluding hydrogens is 282 g/mol. The number of carbonyl (C=O) groups is 1. The third-order valence-corrected chi connectivity index (χ3v) is 4.23. The van der Waals surface area contributed by atoms with Gasteiger partial charge in [0.05, 0.1) is 6.54 Å². The molecule has 2 aromatic rings. The van der Waals surface area contributed by atoms with Gasteiger partial charge in [0.1, 0.15) is 6.61 Å². The van der Waals surface area contributed by atoms with E-state index in [9.17, 15) is 4.79 Å². The molecule has 0 aliphatic carbocycles. The van der Waals surface area contributed by atoms with Crippen LogP contribution in [0.4, 0.5) is 0 Å². The van der Waals surface area contributed by atoms with E-state index in [0.29, 0.717) is 12.1 Å². The zero-order valence-electron chi connectivity index (χ0n) is 12.1. The van der Waals surface area contributed by atoms with E-state index >= 15 is 0 Å². The lowest BCUT2D eigenvalue weighted by Crippen LogP contribution is -2.23. The number of nitrogens with one attached hydrogen (secondary N) is 1. The van der Waals surface area contributed by atoms with Crippen LogP contribution in [0.5, 0.6) is 0 Å². The number of benzene rings is 1. The van der Waals surface area contributed by atoms with E-state index in [4.69, 9.17) is 5.11 Å². The molecule has 4 heteroatoms. The third kappa shape index (κ3) is 3.72. The number of thiophene rings is 1. The fourth-order valence-electron chi connectivity index (χ4n) is 1.98. The summed E-state index contributed by atoms with van der Waals surface area (Å²) in [7, 11) is 0. The summed E-state index contributed by atoms with van der Waals surface area (Å²) in [6.45, 7) is 4.23. The predicted octanol–water partition coefficient (Wildman–Crippen LogP) is 2.64. The first-order chi connectivity index (χ1) is 10.1. The molecule has 2 rings (SSSR count). The van der Waals surface area contributed by atoms with Gasteiger partial charge < -0.3 is 10.4 Å². The normalized spacial score (nSPS) is 9.86. The van der Waals surface area contributed by atoms with Gasteiger partial charge in [0.25, 0.3) is 5.91 Å². The Balaban J connectivity index is 2.08. The predicted molar refractivity (Wildman–Crippen MR) is 85.4 cm³/mol. The highest BCUT2D eigenvalue weighted by Crippen LogP contribution is 2.17. The number of rotatable bonds is 3. The molecule has 0 fully saturated rings. The molecule has 0 spiro atoms. The highest BCUT2D eigenvalue weighted by molar-refractivity contribution is 7.10. The van der Waals surface area contributed by atoms with Crippen LogP contribution >= 0.6 is 11.3 Å². The summed E-state index contributed by atoms with van der Waals surface area (Å²) in [5, 5.41) is 13.6. The average molecular weight is 299 g/mol. The fraction of sp³-hybridized carbons (Fsp3) is 0.235. The van der Waals surface area contributed by atoms with Gasteiger partial charge in [-0.15, -0.1) is 11.3 Å². The summed E-state index contributed by atoms with van der Waals surface area (Å²) in [6.07, 6.45) is 0. The van der Waals surface area contributed by atoms with Crippen molar-refractivity contribution in [3.05, 3.63) is 56.8 Å². The second kappa shape index (κ2) is 7.07. The quantitative estimate of drug-likeness (QED) is 0.856. The second-order valence-electron chi connectivity index (χ2n) is 4.65. The van der Waals surface area contributed by atoms with Gasteiger partial charge in [0, 0.05) is 16.0 Å². The van der Waals surface area contributed by atoms with Gasteiger partial charge in [-0.25, -0.2) is 0 Å². The Hall–Kier alpha value is -2.09. The van der Waals surface area contributed by atoms with E-state index in [1.54, 1.807) is 11.3 Å². The molecule has 1 aromatic heterocycles. The Morgan fingerprint density at radius 2 is 2.14 bits per heavy atom. The van der Waals surface area contributed by atoms with Crippen molar-refractivity contribution >= 4 is 17.2 Å². The van der Waals surface area contributed by atoms with Crippen molar-refractivity contribution in [2.75, 3.05) is 6.61 Å². The Labute approximate surface area is 128 Å². The van der Waals surface area contributed by atoms with E-state index in [0.717, 1.165) is 21.6 Å². The average Bonchev–Trinajstić information content (AvgIpc) is 2.93. The van der Waals surface area contributed by atoms with Crippen LogP contribution in [0.1, 0.15) is 31.9 Å². The lowest BCUT2D eigenvalue weighted by Gasteiger charge is -2.09. The molecule has 0 unspecified atom stereocenters.